The summed E-state index contributed by atoms with van der Waals surface area (Å²) in [7, 11) is 0. The molecule has 2 aromatic carbocycles. The van der Waals surface area contributed by atoms with Crippen LogP contribution < -0.4 is 5.32 Å². The van der Waals surface area contributed by atoms with Gasteiger partial charge in [-0.3, -0.25) is 4.79 Å². The SMILES string of the molecule is CCOC(=O)c1nn(-c2ccccc2)cc1/C=C1/C(=O)Nc2cc(Cl)ccc21. The highest BCUT2D eigenvalue weighted by molar-refractivity contribution is 6.36. The van der Waals surface area contributed by atoms with Gasteiger partial charge in [0.05, 0.1) is 18.0 Å². The van der Waals surface area contributed by atoms with E-state index in [0.717, 1.165) is 11.3 Å². The van der Waals surface area contributed by atoms with Gasteiger partial charge in [0.15, 0.2) is 5.69 Å². The van der Waals surface area contributed by atoms with Crippen LogP contribution in [0.3, 0.4) is 0 Å². The summed E-state index contributed by atoms with van der Waals surface area (Å²) in [6.07, 6.45) is 3.35. The summed E-state index contributed by atoms with van der Waals surface area (Å²) in [5, 5.41) is 7.70. The van der Waals surface area contributed by atoms with Gasteiger partial charge in [0.2, 0.25) is 0 Å². The van der Waals surface area contributed by atoms with E-state index in [9.17, 15) is 9.59 Å². The monoisotopic (exact) mass is 393 g/mol. The van der Waals surface area contributed by atoms with Crippen LogP contribution in [0.1, 0.15) is 28.5 Å². The molecule has 0 atom stereocenters. The molecule has 0 saturated heterocycles. The van der Waals surface area contributed by atoms with Crippen LogP contribution in [0, 0.1) is 0 Å². The highest BCUT2D eigenvalue weighted by atomic mass is 35.5. The van der Waals surface area contributed by atoms with Crippen molar-refractivity contribution in [3.05, 3.63) is 76.6 Å². The van der Waals surface area contributed by atoms with Gasteiger partial charge in [0, 0.05) is 27.9 Å². The molecule has 3 aromatic rings. The van der Waals surface area contributed by atoms with Crippen molar-refractivity contribution < 1.29 is 14.3 Å². The molecule has 140 valence electrons. The van der Waals surface area contributed by atoms with Crippen molar-refractivity contribution in [1.29, 1.82) is 0 Å². The van der Waals surface area contributed by atoms with E-state index in [2.05, 4.69) is 10.4 Å². The van der Waals surface area contributed by atoms with Crippen LogP contribution in [-0.2, 0) is 9.53 Å². The Hall–Kier alpha value is -3.38. The number of carbonyl (C=O) groups is 2. The van der Waals surface area contributed by atoms with E-state index >= 15 is 0 Å². The number of nitrogens with zero attached hydrogens (tertiary/aromatic N) is 2. The molecule has 0 radical (unpaired) electrons. The average Bonchev–Trinajstić information content (AvgIpc) is 3.24. The maximum atomic E-state index is 12.5. The Balaban J connectivity index is 1.83. The molecule has 1 aromatic heterocycles. The minimum atomic E-state index is -0.543. The summed E-state index contributed by atoms with van der Waals surface area (Å²) in [4.78, 5) is 24.9. The van der Waals surface area contributed by atoms with E-state index in [4.69, 9.17) is 16.3 Å². The zero-order valence-corrected chi connectivity index (χ0v) is 15.7. The first-order valence-electron chi connectivity index (χ1n) is 8.72. The standard InChI is InChI=1S/C21H16ClN3O3/c1-2-28-21(27)19-13(12-25(24-19)15-6-4-3-5-7-15)10-17-16-9-8-14(22)11-18(16)23-20(17)26/h3-12H,2H2,1H3,(H,23,26)/b17-10+. The number of amides is 1. The largest absolute Gasteiger partial charge is 0.461 e. The summed E-state index contributed by atoms with van der Waals surface area (Å²) >= 11 is 6.01. The van der Waals surface area contributed by atoms with Gasteiger partial charge < -0.3 is 10.1 Å². The van der Waals surface area contributed by atoms with Crippen molar-refractivity contribution in [3.8, 4) is 5.69 Å². The summed E-state index contributed by atoms with van der Waals surface area (Å²) in [5.41, 5.74) is 3.22. The summed E-state index contributed by atoms with van der Waals surface area (Å²) in [5.74, 6) is -0.807. The van der Waals surface area contributed by atoms with Gasteiger partial charge in [-0.1, -0.05) is 35.9 Å². The molecular weight excluding hydrogens is 378 g/mol. The lowest BCUT2D eigenvalue weighted by atomic mass is 10.0. The summed E-state index contributed by atoms with van der Waals surface area (Å²) < 4.78 is 6.72. The Kier molecular flexibility index (Phi) is 4.71. The van der Waals surface area contributed by atoms with Crippen LogP contribution in [-0.4, -0.2) is 28.3 Å². The minimum Gasteiger partial charge on any atom is -0.461 e. The number of carbonyl (C=O) groups excluding carboxylic acids is 2. The van der Waals surface area contributed by atoms with Crippen molar-refractivity contribution in [3.63, 3.8) is 0 Å². The zero-order chi connectivity index (χ0) is 19.7. The van der Waals surface area contributed by atoms with Crippen LogP contribution in [0.15, 0.2) is 54.7 Å². The molecule has 28 heavy (non-hydrogen) atoms. The second-order valence-corrected chi connectivity index (χ2v) is 6.57. The molecular formula is C21H16ClN3O3. The van der Waals surface area contributed by atoms with Crippen LogP contribution in [0.25, 0.3) is 17.3 Å². The molecule has 7 heteroatoms. The van der Waals surface area contributed by atoms with Gasteiger partial charge in [-0.2, -0.15) is 5.10 Å². The Morgan fingerprint density at radius 2 is 2.04 bits per heavy atom. The molecule has 4 rings (SSSR count). The highest BCUT2D eigenvalue weighted by Crippen LogP contribution is 2.35. The minimum absolute atomic E-state index is 0.147. The number of halogens is 1. The lowest BCUT2D eigenvalue weighted by Gasteiger charge is -2.01. The van der Waals surface area contributed by atoms with Crippen molar-refractivity contribution in [1.82, 2.24) is 9.78 Å². The lowest BCUT2D eigenvalue weighted by molar-refractivity contribution is -0.110. The van der Waals surface area contributed by atoms with E-state index in [0.29, 0.717) is 21.8 Å². The second kappa shape index (κ2) is 7.32. The lowest BCUT2D eigenvalue weighted by Crippen LogP contribution is -2.08. The first-order chi connectivity index (χ1) is 13.6. The fraction of sp³-hybridized carbons (Fsp3) is 0.0952. The van der Waals surface area contributed by atoms with Crippen LogP contribution in [0.5, 0.6) is 0 Å². The van der Waals surface area contributed by atoms with Gasteiger partial charge >= 0.3 is 5.97 Å². The van der Waals surface area contributed by atoms with E-state index in [1.807, 2.05) is 30.3 Å². The fourth-order valence-electron chi connectivity index (χ4n) is 3.03. The maximum Gasteiger partial charge on any atom is 0.359 e. The van der Waals surface area contributed by atoms with Crippen LogP contribution in [0.2, 0.25) is 5.02 Å². The quantitative estimate of drug-likeness (QED) is 0.532. The normalized spacial score (nSPS) is 14.1. The maximum absolute atomic E-state index is 12.5. The smallest absolute Gasteiger partial charge is 0.359 e. The fourth-order valence-corrected chi connectivity index (χ4v) is 3.20. The van der Waals surface area contributed by atoms with Crippen molar-refractivity contribution in [2.24, 2.45) is 0 Å². The van der Waals surface area contributed by atoms with Crippen molar-refractivity contribution in [2.45, 2.75) is 6.92 Å². The molecule has 0 saturated carbocycles. The molecule has 2 heterocycles. The number of fused-ring (bicyclic) bond motifs is 1. The molecule has 1 amide bonds. The Labute approximate surface area is 166 Å². The van der Waals surface area contributed by atoms with E-state index in [1.54, 1.807) is 42.1 Å². The molecule has 0 unspecified atom stereocenters. The van der Waals surface area contributed by atoms with Gasteiger partial charge in [0.1, 0.15) is 0 Å². The summed E-state index contributed by atoms with van der Waals surface area (Å²) in [6, 6.07) is 14.6. The molecule has 1 aliphatic rings. The molecule has 0 spiro atoms. The molecule has 1 aliphatic heterocycles. The van der Waals surface area contributed by atoms with Gasteiger partial charge in [-0.05, 0) is 37.3 Å². The third-order valence-corrected chi connectivity index (χ3v) is 4.53. The topological polar surface area (TPSA) is 73.2 Å². The number of nitrogens with one attached hydrogen (secondary N) is 1. The van der Waals surface area contributed by atoms with Crippen molar-refractivity contribution >= 4 is 40.8 Å². The number of esters is 1. The Morgan fingerprint density at radius 3 is 2.79 bits per heavy atom. The Morgan fingerprint density at radius 1 is 1.25 bits per heavy atom. The number of hydrogen-bond donors (Lipinski definition) is 1. The van der Waals surface area contributed by atoms with Crippen LogP contribution in [0.4, 0.5) is 5.69 Å². The molecule has 6 nitrogen and oxygen atoms in total. The number of ether oxygens (including phenoxy) is 1. The number of benzene rings is 2. The van der Waals surface area contributed by atoms with Gasteiger partial charge in [0.25, 0.3) is 5.91 Å². The first-order valence-corrected chi connectivity index (χ1v) is 9.10. The number of aromatic nitrogens is 2. The first kappa shape index (κ1) is 18.0. The van der Waals surface area contributed by atoms with E-state index in [1.165, 1.54) is 0 Å². The molecule has 0 aliphatic carbocycles. The van der Waals surface area contributed by atoms with Gasteiger partial charge in [-0.15, -0.1) is 0 Å². The molecule has 0 bridgehead atoms. The third kappa shape index (κ3) is 3.30. The van der Waals surface area contributed by atoms with E-state index < -0.39 is 5.97 Å². The third-order valence-electron chi connectivity index (χ3n) is 4.30. The second-order valence-electron chi connectivity index (χ2n) is 6.14. The number of rotatable bonds is 4. The van der Waals surface area contributed by atoms with Crippen molar-refractivity contribution in [2.75, 3.05) is 11.9 Å². The molecule has 1 N–H and O–H groups in total. The Bertz CT molecular complexity index is 1100. The number of hydrogen-bond acceptors (Lipinski definition) is 4. The highest BCUT2D eigenvalue weighted by Gasteiger charge is 2.26. The van der Waals surface area contributed by atoms with Gasteiger partial charge in [-0.25, -0.2) is 9.48 Å². The number of para-hydroxylation sites is 1. The zero-order valence-electron chi connectivity index (χ0n) is 15.0. The number of anilines is 1. The average molecular weight is 394 g/mol. The predicted octanol–water partition coefficient (Wildman–Crippen LogP) is 4.20. The predicted molar refractivity (Wildman–Crippen MR) is 107 cm³/mol. The van der Waals surface area contributed by atoms with Crippen LogP contribution >= 0.6 is 11.6 Å². The van der Waals surface area contributed by atoms with E-state index in [-0.39, 0.29) is 18.2 Å². The summed E-state index contributed by atoms with van der Waals surface area (Å²) in [6.45, 7) is 1.96. The molecule has 0 fully saturated rings.